The van der Waals surface area contributed by atoms with E-state index in [1.165, 1.54) is 0 Å². The molecule has 1 saturated heterocycles. The van der Waals surface area contributed by atoms with Gasteiger partial charge in [-0.15, -0.1) is 0 Å². The Morgan fingerprint density at radius 3 is 2.81 bits per heavy atom. The SMILES string of the molecule is CNc1cc(C)ccc1C(=O)N1CC(O)CC1CN(C)C. The summed E-state index contributed by atoms with van der Waals surface area (Å²) in [5.41, 5.74) is 2.62. The van der Waals surface area contributed by atoms with Crippen molar-refractivity contribution in [2.24, 2.45) is 0 Å². The fourth-order valence-corrected chi connectivity index (χ4v) is 2.94. The Bertz CT molecular complexity index is 516. The second kappa shape index (κ2) is 6.45. The van der Waals surface area contributed by atoms with Gasteiger partial charge in [0.25, 0.3) is 5.91 Å². The molecule has 21 heavy (non-hydrogen) atoms. The normalized spacial score (nSPS) is 21.9. The number of hydrogen-bond acceptors (Lipinski definition) is 4. The van der Waals surface area contributed by atoms with Gasteiger partial charge in [-0.2, -0.15) is 0 Å². The van der Waals surface area contributed by atoms with E-state index in [2.05, 4.69) is 10.2 Å². The van der Waals surface area contributed by atoms with Crippen molar-refractivity contribution in [1.29, 1.82) is 0 Å². The molecule has 1 aliphatic heterocycles. The minimum absolute atomic E-state index is 0.0113. The van der Waals surface area contributed by atoms with Gasteiger partial charge in [-0.1, -0.05) is 6.07 Å². The molecule has 2 unspecified atom stereocenters. The molecule has 1 fully saturated rings. The number of nitrogens with zero attached hydrogens (tertiary/aromatic N) is 2. The van der Waals surface area contributed by atoms with Gasteiger partial charge in [0.05, 0.1) is 11.7 Å². The van der Waals surface area contributed by atoms with E-state index < -0.39 is 6.10 Å². The number of likely N-dealkylation sites (N-methyl/N-ethyl adjacent to an activating group) is 1. The number of nitrogens with one attached hydrogen (secondary N) is 1. The molecule has 0 spiro atoms. The molecule has 0 aromatic heterocycles. The third-order valence-electron chi connectivity index (χ3n) is 3.90. The molecule has 0 radical (unpaired) electrons. The van der Waals surface area contributed by atoms with Gasteiger partial charge in [0, 0.05) is 31.9 Å². The second-order valence-electron chi connectivity index (χ2n) is 6.06. The lowest BCUT2D eigenvalue weighted by atomic mass is 10.1. The number of benzene rings is 1. The quantitative estimate of drug-likeness (QED) is 0.874. The van der Waals surface area contributed by atoms with Crippen molar-refractivity contribution >= 4 is 11.6 Å². The van der Waals surface area contributed by atoms with E-state index in [-0.39, 0.29) is 11.9 Å². The number of β-amino-alcohol motifs (C(OH)–C–C–N with tert-alkyl or cyclic N) is 1. The van der Waals surface area contributed by atoms with Gasteiger partial charge in [-0.3, -0.25) is 4.79 Å². The molecule has 1 aromatic rings. The molecular weight excluding hydrogens is 266 g/mol. The number of likely N-dealkylation sites (tertiary alicyclic amines) is 1. The van der Waals surface area contributed by atoms with Gasteiger partial charge in [0.1, 0.15) is 0 Å². The predicted molar refractivity (Wildman–Crippen MR) is 84.7 cm³/mol. The first-order valence-electron chi connectivity index (χ1n) is 7.34. The smallest absolute Gasteiger partial charge is 0.256 e. The number of anilines is 1. The first kappa shape index (κ1) is 15.8. The van der Waals surface area contributed by atoms with Crippen molar-refractivity contribution in [2.45, 2.75) is 25.5 Å². The molecule has 0 saturated carbocycles. The van der Waals surface area contributed by atoms with Gasteiger partial charge in [-0.05, 0) is 45.1 Å². The average Bonchev–Trinajstić information content (AvgIpc) is 2.77. The fourth-order valence-electron chi connectivity index (χ4n) is 2.94. The minimum Gasteiger partial charge on any atom is -0.391 e. The maximum Gasteiger partial charge on any atom is 0.256 e. The van der Waals surface area contributed by atoms with E-state index in [0.717, 1.165) is 17.8 Å². The maximum absolute atomic E-state index is 12.8. The molecule has 2 N–H and O–H groups in total. The van der Waals surface area contributed by atoms with Crippen molar-refractivity contribution in [3.8, 4) is 0 Å². The topological polar surface area (TPSA) is 55.8 Å². The van der Waals surface area contributed by atoms with Gasteiger partial charge in [0.15, 0.2) is 0 Å². The van der Waals surface area contributed by atoms with Crippen LogP contribution in [0.2, 0.25) is 0 Å². The summed E-state index contributed by atoms with van der Waals surface area (Å²) in [7, 11) is 5.79. The number of aliphatic hydroxyl groups is 1. The van der Waals surface area contributed by atoms with Crippen LogP contribution < -0.4 is 5.32 Å². The molecule has 5 heteroatoms. The van der Waals surface area contributed by atoms with Crippen LogP contribution in [0.1, 0.15) is 22.3 Å². The summed E-state index contributed by atoms with van der Waals surface area (Å²) < 4.78 is 0. The highest BCUT2D eigenvalue weighted by Crippen LogP contribution is 2.25. The van der Waals surface area contributed by atoms with Gasteiger partial charge in [0.2, 0.25) is 0 Å². The number of aryl methyl sites for hydroxylation is 1. The maximum atomic E-state index is 12.8. The Labute approximate surface area is 126 Å². The second-order valence-corrected chi connectivity index (χ2v) is 6.06. The summed E-state index contributed by atoms with van der Waals surface area (Å²) in [6.07, 6.45) is 0.215. The lowest BCUT2D eigenvalue weighted by Crippen LogP contribution is -2.41. The Hall–Kier alpha value is -1.59. The molecule has 5 nitrogen and oxygen atoms in total. The van der Waals surface area contributed by atoms with Crippen LogP contribution in [-0.4, -0.2) is 67.2 Å². The largest absolute Gasteiger partial charge is 0.391 e. The molecular formula is C16H25N3O2. The summed E-state index contributed by atoms with van der Waals surface area (Å²) >= 11 is 0. The van der Waals surface area contributed by atoms with Crippen LogP contribution in [0.4, 0.5) is 5.69 Å². The Morgan fingerprint density at radius 1 is 1.48 bits per heavy atom. The predicted octanol–water partition coefficient (Wildman–Crippen LogP) is 1.17. The van der Waals surface area contributed by atoms with Crippen LogP contribution in [0, 0.1) is 6.92 Å². The zero-order valence-electron chi connectivity index (χ0n) is 13.3. The molecule has 116 valence electrons. The number of amides is 1. The van der Waals surface area contributed by atoms with Crippen molar-refractivity contribution in [3.63, 3.8) is 0 Å². The molecule has 1 heterocycles. The van der Waals surface area contributed by atoms with Crippen molar-refractivity contribution in [1.82, 2.24) is 9.80 Å². The lowest BCUT2D eigenvalue weighted by Gasteiger charge is -2.27. The lowest BCUT2D eigenvalue weighted by molar-refractivity contribution is 0.0700. The number of aliphatic hydroxyl groups excluding tert-OH is 1. The molecule has 2 rings (SSSR count). The molecule has 0 bridgehead atoms. The molecule has 1 amide bonds. The molecule has 0 aliphatic carbocycles. The van der Waals surface area contributed by atoms with Gasteiger partial charge >= 0.3 is 0 Å². The zero-order chi connectivity index (χ0) is 15.6. The third-order valence-corrected chi connectivity index (χ3v) is 3.90. The highest BCUT2D eigenvalue weighted by atomic mass is 16.3. The third kappa shape index (κ3) is 3.54. The summed E-state index contributed by atoms with van der Waals surface area (Å²) in [4.78, 5) is 16.7. The van der Waals surface area contributed by atoms with E-state index in [1.54, 1.807) is 4.90 Å². The van der Waals surface area contributed by atoms with E-state index in [1.807, 2.05) is 46.3 Å². The molecule has 1 aliphatic rings. The standard InChI is InChI=1S/C16H25N3O2/c1-11-5-6-14(15(7-11)17-2)16(21)19-10-13(20)8-12(19)9-18(3)4/h5-7,12-13,17,20H,8-10H2,1-4H3. The van der Waals surface area contributed by atoms with E-state index >= 15 is 0 Å². The first-order valence-corrected chi connectivity index (χ1v) is 7.34. The van der Waals surface area contributed by atoms with Crippen LogP contribution in [0.25, 0.3) is 0 Å². The first-order chi connectivity index (χ1) is 9.92. The van der Waals surface area contributed by atoms with Crippen LogP contribution >= 0.6 is 0 Å². The Morgan fingerprint density at radius 2 is 2.19 bits per heavy atom. The van der Waals surface area contributed by atoms with Crippen molar-refractivity contribution in [3.05, 3.63) is 29.3 Å². The van der Waals surface area contributed by atoms with E-state index in [0.29, 0.717) is 18.5 Å². The van der Waals surface area contributed by atoms with Gasteiger partial charge < -0.3 is 20.2 Å². The highest BCUT2D eigenvalue weighted by molar-refractivity contribution is 6.00. The van der Waals surface area contributed by atoms with Gasteiger partial charge in [-0.25, -0.2) is 0 Å². The fraction of sp³-hybridized carbons (Fsp3) is 0.562. The van der Waals surface area contributed by atoms with Crippen LogP contribution in [-0.2, 0) is 0 Å². The minimum atomic E-state index is -0.428. The number of carbonyl (C=O) groups excluding carboxylic acids is 1. The summed E-state index contributed by atoms with van der Waals surface area (Å²) in [6, 6.07) is 5.84. The van der Waals surface area contributed by atoms with E-state index in [4.69, 9.17) is 0 Å². The Balaban J connectivity index is 2.25. The van der Waals surface area contributed by atoms with Crippen LogP contribution in [0.15, 0.2) is 18.2 Å². The molecule has 2 atom stereocenters. The van der Waals surface area contributed by atoms with Crippen LogP contribution in [0.3, 0.4) is 0 Å². The molecule has 1 aromatic carbocycles. The summed E-state index contributed by atoms with van der Waals surface area (Å²) in [6.45, 7) is 3.18. The summed E-state index contributed by atoms with van der Waals surface area (Å²) in [5.74, 6) is -0.0113. The average molecular weight is 291 g/mol. The van der Waals surface area contributed by atoms with E-state index in [9.17, 15) is 9.90 Å². The van der Waals surface area contributed by atoms with Crippen LogP contribution in [0.5, 0.6) is 0 Å². The number of carbonyl (C=O) groups is 1. The highest BCUT2D eigenvalue weighted by Gasteiger charge is 2.35. The monoisotopic (exact) mass is 291 g/mol. The summed E-state index contributed by atoms with van der Waals surface area (Å²) in [5, 5.41) is 13.0. The Kier molecular flexibility index (Phi) is 4.85. The van der Waals surface area contributed by atoms with Crippen molar-refractivity contribution < 1.29 is 9.90 Å². The number of hydrogen-bond donors (Lipinski definition) is 2. The van der Waals surface area contributed by atoms with Crippen molar-refractivity contribution in [2.75, 3.05) is 39.5 Å². The zero-order valence-corrected chi connectivity index (χ0v) is 13.3. The number of rotatable bonds is 4.